The molecule has 0 aliphatic heterocycles. The van der Waals surface area contributed by atoms with Crippen molar-refractivity contribution in [3.63, 3.8) is 0 Å². The predicted molar refractivity (Wildman–Crippen MR) is 87.3 cm³/mol. The second kappa shape index (κ2) is 8.17. The number of nitrogens with one attached hydrogen (secondary N) is 3. The van der Waals surface area contributed by atoms with E-state index < -0.39 is 17.6 Å². The predicted octanol–water partition coefficient (Wildman–Crippen LogP) is 1.90. The molecule has 3 N–H and O–H groups in total. The summed E-state index contributed by atoms with van der Waals surface area (Å²) in [5, 5.41) is 7.65. The summed E-state index contributed by atoms with van der Waals surface area (Å²) in [6.07, 6.45) is -0.600. The summed E-state index contributed by atoms with van der Waals surface area (Å²) in [5.41, 5.74) is 0.166. The topological polar surface area (TPSA) is 96.5 Å². The largest absolute Gasteiger partial charge is 0.444 e. The molecule has 3 amide bonds. The summed E-state index contributed by atoms with van der Waals surface area (Å²) in [5.74, 6) is -0.659. The molecule has 126 valence electrons. The molecule has 0 bridgehead atoms. The normalized spacial score (nSPS) is 10.6. The van der Waals surface area contributed by atoms with E-state index in [4.69, 9.17) is 4.74 Å². The van der Waals surface area contributed by atoms with Crippen molar-refractivity contribution in [1.82, 2.24) is 10.6 Å². The lowest BCUT2D eigenvalue weighted by molar-refractivity contribution is -0.120. The first-order chi connectivity index (χ1) is 10.7. The highest BCUT2D eigenvalue weighted by Crippen LogP contribution is 2.13. The van der Waals surface area contributed by atoms with Crippen molar-refractivity contribution in [2.75, 3.05) is 18.4 Å². The van der Waals surface area contributed by atoms with E-state index in [0.717, 1.165) is 0 Å². The summed E-state index contributed by atoms with van der Waals surface area (Å²) in [4.78, 5) is 35.0. The Morgan fingerprint density at radius 2 is 1.83 bits per heavy atom. The molecular formula is C16H23N3O4. The Kier molecular flexibility index (Phi) is 6.56. The molecule has 0 radical (unpaired) electrons. The number of ether oxygens (including phenoxy) is 1. The van der Waals surface area contributed by atoms with Gasteiger partial charge in [0.05, 0.1) is 6.54 Å². The minimum absolute atomic E-state index is 0.101. The van der Waals surface area contributed by atoms with E-state index in [1.54, 1.807) is 45.9 Å². The fourth-order valence-electron chi connectivity index (χ4n) is 1.68. The van der Waals surface area contributed by atoms with Crippen LogP contribution >= 0.6 is 0 Å². The Morgan fingerprint density at radius 1 is 1.13 bits per heavy atom. The fraction of sp³-hybridized carbons (Fsp3) is 0.438. The zero-order valence-electron chi connectivity index (χ0n) is 13.9. The second-order valence-corrected chi connectivity index (χ2v) is 5.84. The molecule has 0 heterocycles. The average molecular weight is 321 g/mol. The molecule has 1 aromatic carbocycles. The summed E-state index contributed by atoms with van der Waals surface area (Å²) in [6, 6.07) is 6.38. The van der Waals surface area contributed by atoms with Crippen molar-refractivity contribution < 1.29 is 19.1 Å². The summed E-state index contributed by atoms with van der Waals surface area (Å²) >= 11 is 0. The molecule has 0 aliphatic carbocycles. The maximum absolute atomic E-state index is 12.0. The average Bonchev–Trinajstić information content (AvgIpc) is 2.43. The van der Waals surface area contributed by atoms with E-state index in [0.29, 0.717) is 17.8 Å². The Morgan fingerprint density at radius 3 is 2.43 bits per heavy atom. The third-order valence-corrected chi connectivity index (χ3v) is 2.55. The van der Waals surface area contributed by atoms with Crippen molar-refractivity contribution in [3.05, 3.63) is 29.8 Å². The summed E-state index contributed by atoms with van der Waals surface area (Å²) in [7, 11) is 0. The van der Waals surface area contributed by atoms with Crippen molar-refractivity contribution in [2.24, 2.45) is 0 Å². The number of hydrogen-bond donors (Lipinski definition) is 3. The molecule has 0 saturated heterocycles. The zero-order chi connectivity index (χ0) is 17.5. The number of anilines is 1. The number of carbonyl (C=O) groups excluding carboxylic acids is 3. The SMILES string of the molecule is CCNC(=O)CNC(=O)c1cccc(NC(=O)OC(C)(C)C)c1. The minimum atomic E-state index is -0.605. The molecule has 0 aliphatic rings. The molecule has 0 saturated carbocycles. The van der Waals surface area contributed by atoms with Gasteiger partial charge in [-0.2, -0.15) is 0 Å². The van der Waals surface area contributed by atoms with E-state index in [2.05, 4.69) is 16.0 Å². The second-order valence-electron chi connectivity index (χ2n) is 5.84. The van der Waals surface area contributed by atoms with Gasteiger partial charge in [0.2, 0.25) is 5.91 Å². The molecule has 1 aromatic rings. The van der Waals surface area contributed by atoms with Gasteiger partial charge >= 0.3 is 6.09 Å². The van der Waals surface area contributed by atoms with Crippen molar-refractivity contribution in [2.45, 2.75) is 33.3 Å². The maximum Gasteiger partial charge on any atom is 0.412 e. The van der Waals surface area contributed by atoms with Gasteiger partial charge in [-0.15, -0.1) is 0 Å². The minimum Gasteiger partial charge on any atom is -0.444 e. The molecule has 23 heavy (non-hydrogen) atoms. The van der Waals surface area contributed by atoms with Gasteiger partial charge < -0.3 is 15.4 Å². The number of amides is 3. The molecule has 0 fully saturated rings. The zero-order valence-corrected chi connectivity index (χ0v) is 13.9. The Hall–Kier alpha value is -2.57. The third-order valence-electron chi connectivity index (χ3n) is 2.55. The van der Waals surface area contributed by atoms with Crippen LogP contribution in [0, 0.1) is 0 Å². The number of benzene rings is 1. The molecule has 7 nitrogen and oxygen atoms in total. The molecular weight excluding hydrogens is 298 g/mol. The number of hydrogen-bond acceptors (Lipinski definition) is 4. The first kappa shape index (κ1) is 18.5. The highest BCUT2D eigenvalue weighted by atomic mass is 16.6. The lowest BCUT2D eigenvalue weighted by Crippen LogP contribution is -2.36. The van der Waals surface area contributed by atoms with Gasteiger partial charge in [0.15, 0.2) is 0 Å². The van der Waals surface area contributed by atoms with Crippen LogP contribution in [0.2, 0.25) is 0 Å². The van der Waals surface area contributed by atoms with Gasteiger partial charge in [0.25, 0.3) is 5.91 Å². The smallest absolute Gasteiger partial charge is 0.412 e. The van der Waals surface area contributed by atoms with E-state index in [1.165, 1.54) is 6.07 Å². The Bertz CT molecular complexity index is 579. The van der Waals surface area contributed by atoms with E-state index in [1.807, 2.05) is 0 Å². The molecule has 0 aromatic heterocycles. The quantitative estimate of drug-likeness (QED) is 0.771. The first-order valence-electron chi connectivity index (χ1n) is 7.36. The standard InChI is InChI=1S/C16H23N3O4/c1-5-17-13(20)10-18-14(21)11-7-6-8-12(9-11)19-15(22)23-16(2,3)4/h6-9H,5,10H2,1-4H3,(H,17,20)(H,18,21)(H,19,22). The van der Waals surface area contributed by atoms with Gasteiger partial charge in [-0.1, -0.05) is 6.07 Å². The van der Waals surface area contributed by atoms with E-state index in [-0.39, 0.29) is 12.5 Å². The van der Waals surface area contributed by atoms with Crippen molar-refractivity contribution in [3.8, 4) is 0 Å². The summed E-state index contributed by atoms with van der Waals surface area (Å²) in [6.45, 7) is 7.49. The Balaban J connectivity index is 2.64. The van der Waals surface area contributed by atoms with Crippen LogP contribution in [0.25, 0.3) is 0 Å². The van der Waals surface area contributed by atoms with E-state index in [9.17, 15) is 14.4 Å². The third kappa shape index (κ3) is 7.30. The highest BCUT2D eigenvalue weighted by molar-refractivity contribution is 5.98. The van der Waals surface area contributed by atoms with Crippen LogP contribution in [0.3, 0.4) is 0 Å². The van der Waals surface area contributed by atoms with Crippen LogP contribution in [0.4, 0.5) is 10.5 Å². The van der Waals surface area contributed by atoms with Crippen LogP contribution in [-0.2, 0) is 9.53 Å². The van der Waals surface area contributed by atoms with Crippen LogP contribution < -0.4 is 16.0 Å². The number of likely N-dealkylation sites (N-methyl/N-ethyl adjacent to an activating group) is 1. The van der Waals surface area contributed by atoms with Crippen LogP contribution in [-0.4, -0.2) is 36.6 Å². The maximum atomic E-state index is 12.0. The molecule has 7 heteroatoms. The highest BCUT2D eigenvalue weighted by Gasteiger charge is 2.16. The van der Waals surface area contributed by atoms with Gasteiger partial charge in [-0.25, -0.2) is 4.79 Å². The van der Waals surface area contributed by atoms with Crippen LogP contribution in [0.1, 0.15) is 38.1 Å². The van der Waals surface area contributed by atoms with E-state index >= 15 is 0 Å². The van der Waals surface area contributed by atoms with Crippen molar-refractivity contribution >= 4 is 23.6 Å². The Labute approximate surface area is 135 Å². The van der Waals surface area contributed by atoms with Crippen LogP contribution in [0.5, 0.6) is 0 Å². The summed E-state index contributed by atoms with van der Waals surface area (Å²) < 4.78 is 5.14. The molecule has 1 rings (SSSR count). The number of carbonyl (C=O) groups is 3. The van der Waals surface area contributed by atoms with Crippen molar-refractivity contribution in [1.29, 1.82) is 0 Å². The first-order valence-corrected chi connectivity index (χ1v) is 7.36. The van der Waals surface area contributed by atoms with Crippen LogP contribution in [0.15, 0.2) is 24.3 Å². The van der Waals surface area contributed by atoms with Gasteiger partial charge in [-0.05, 0) is 45.9 Å². The number of rotatable bonds is 5. The molecule has 0 atom stereocenters. The molecule has 0 spiro atoms. The lowest BCUT2D eigenvalue weighted by atomic mass is 10.2. The monoisotopic (exact) mass is 321 g/mol. The van der Waals surface area contributed by atoms with Gasteiger partial charge in [0.1, 0.15) is 5.60 Å². The van der Waals surface area contributed by atoms with Gasteiger partial charge in [0, 0.05) is 17.8 Å². The fourth-order valence-corrected chi connectivity index (χ4v) is 1.68. The molecule has 0 unspecified atom stereocenters. The van der Waals surface area contributed by atoms with Gasteiger partial charge in [-0.3, -0.25) is 14.9 Å². The lowest BCUT2D eigenvalue weighted by Gasteiger charge is -2.19.